The lowest BCUT2D eigenvalue weighted by Gasteiger charge is -2.12. The second-order valence-electron chi connectivity index (χ2n) is 7.04. The summed E-state index contributed by atoms with van der Waals surface area (Å²) in [4.78, 5) is 8.58. The summed E-state index contributed by atoms with van der Waals surface area (Å²) in [6.45, 7) is 1.95. The average molecular weight is 418 g/mol. The van der Waals surface area contributed by atoms with Crippen LogP contribution in [0.1, 0.15) is 16.7 Å². The van der Waals surface area contributed by atoms with Crippen LogP contribution in [0.2, 0.25) is 0 Å². The Hall–Kier alpha value is -4.88. The highest BCUT2D eigenvalue weighted by Crippen LogP contribution is 2.30. The molecule has 0 saturated carbocycles. The fourth-order valence-corrected chi connectivity index (χ4v) is 3.10. The van der Waals surface area contributed by atoms with Crippen LogP contribution in [0.3, 0.4) is 0 Å². The van der Waals surface area contributed by atoms with Crippen LogP contribution in [0.25, 0.3) is 11.1 Å². The van der Waals surface area contributed by atoms with Gasteiger partial charge in [-0.05, 0) is 72.1 Å². The van der Waals surface area contributed by atoms with E-state index in [1.807, 2.05) is 37.3 Å². The third kappa shape index (κ3) is 4.64. The second kappa shape index (κ2) is 8.86. The number of aryl methyl sites for hydroxylation is 1. The van der Waals surface area contributed by atoms with Gasteiger partial charge in [0.05, 0.1) is 23.3 Å². The molecule has 7 heteroatoms. The minimum absolute atomic E-state index is 0.262. The first-order chi connectivity index (χ1) is 15.5. The van der Waals surface area contributed by atoms with Crippen molar-refractivity contribution in [1.82, 2.24) is 9.97 Å². The number of nitriles is 2. The van der Waals surface area contributed by atoms with E-state index in [1.165, 1.54) is 0 Å². The number of anilines is 3. The maximum absolute atomic E-state index is 8.96. The van der Waals surface area contributed by atoms with E-state index in [9.17, 15) is 0 Å². The molecule has 0 saturated heterocycles. The van der Waals surface area contributed by atoms with Gasteiger partial charge in [-0.25, -0.2) is 0 Å². The third-order valence-corrected chi connectivity index (χ3v) is 4.73. The van der Waals surface area contributed by atoms with Gasteiger partial charge in [-0.1, -0.05) is 18.2 Å². The predicted octanol–water partition coefficient (Wildman–Crippen LogP) is 5.31. The number of benzene rings is 3. The summed E-state index contributed by atoms with van der Waals surface area (Å²) in [5.74, 6) is 1.50. The molecule has 4 rings (SSSR count). The standard InChI is InChI=1S/C25H18N6O/c1-16-12-20(19-6-2-17(14-26)3-7-19)8-11-22(16)32-24-13-23(28)30-25(31-24)29-21-9-4-18(15-27)5-10-21/h2-13H,1H3,(H3,28,29,30,31). The van der Waals surface area contributed by atoms with Gasteiger partial charge in [0.25, 0.3) is 0 Å². The van der Waals surface area contributed by atoms with Crippen molar-refractivity contribution >= 4 is 17.5 Å². The van der Waals surface area contributed by atoms with E-state index in [2.05, 4.69) is 27.4 Å². The summed E-state index contributed by atoms with van der Waals surface area (Å²) in [7, 11) is 0. The number of nitrogens with two attached hydrogens (primary N) is 1. The van der Waals surface area contributed by atoms with Crippen molar-refractivity contribution in [3.05, 3.63) is 89.5 Å². The van der Waals surface area contributed by atoms with Crippen molar-refractivity contribution in [3.8, 4) is 34.9 Å². The first-order valence-electron chi connectivity index (χ1n) is 9.75. The highest BCUT2D eigenvalue weighted by atomic mass is 16.5. The number of aromatic nitrogens is 2. The van der Waals surface area contributed by atoms with Crippen LogP contribution in [0.15, 0.2) is 72.8 Å². The van der Waals surface area contributed by atoms with E-state index in [0.29, 0.717) is 22.8 Å². The number of ether oxygens (including phenoxy) is 1. The molecule has 32 heavy (non-hydrogen) atoms. The van der Waals surface area contributed by atoms with Gasteiger partial charge in [0.1, 0.15) is 11.6 Å². The van der Waals surface area contributed by atoms with Crippen LogP contribution in [0.5, 0.6) is 11.6 Å². The lowest BCUT2D eigenvalue weighted by molar-refractivity contribution is 0.459. The van der Waals surface area contributed by atoms with Crippen LogP contribution >= 0.6 is 0 Å². The molecule has 0 aliphatic carbocycles. The van der Waals surface area contributed by atoms with Gasteiger partial charge < -0.3 is 15.8 Å². The molecule has 0 aliphatic heterocycles. The topological polar surface area (TPSA) is 121 Å². The number of nitrogen functional groups attached to an aromatic ring is 1. The largest absolute Gasteiger partial charge is 0.439 e. The first kappa shape index (κ1) is 20.4. The normalized spacial score (nSPS) is 10.1. The zero-order chi connectivity index (χ0) is 22.5. The minimum Gasteiger partial charge on any atom is -0.439 e. The molecule has 0 spiro atoms. The molecule has 0 atom stereocenters. The minimum atomic E-state index is 0.262. The summed E-state index contributed by atoms with van der Waals surface area (Å²) in [6, 6.07) is 25.9. The highest BCUT2D eigenvalue weighted by molar-refractivity contribution is 5.66. The molecule has 0 bridgehead atoms. The van der Waals surface area contributed by atoms with Crippen LogP contribution < -0.4 is 15.8 Å². The van der Waals surface area contributed by atoms with Crippen molar-refractivity contribution in [2.75, 3.05) is 11.1 Å². The van der Waals surface area contributed by atoms with E-state index in [1.54, 1.807) is 42.5 Å². The van der Waals surface area contributed by atoms with Crippen molar-refractivity contribution in [1.29, 1.82) is 10.5 Å². The van der Waals surface area contributed by atoms with Gasteiger partial charge in [-0.3, -0.25) is 0 Å². The zero-order valence-corrected chi connectivity index (χ0v) is 17.2. The molecule has 0 aliphatic rings. The first-order valence-corrected chi connectivity index (χ1v) is 9.75. The van der Waals surface area contributed by atoms with Gasteiger partial charge in [0, 0.05) is 11.8 Å². The fraction of sp³-hybridized carbons (Fsp3) is 0.0400. The quantitative estimate of drug-likeness (QED) is 0.450. The van der Waals surface area contributed by atoms with E-state index in [-0.39, 0.29) is 11.8 Å². The molecule has 0 radical (unpaired) electrons. The molecule has 0 fully saturated rings. The van der Waals surface area contributed by atoms with Crippen LogP contribution in [0, 0.1) is 29.6 Å². The molecule has 7 nitrogen and oxygen atoms in total. The maximum atomic E-state index is 8.96. The fourth-order valence-electron chi connectivity index (χ4n) is 3.10. The van der Waals surface area contributed by atoms with Gasteiger partial charge in [0.2, 0.25) is 11.8 Å². The Labute approximate surface area is 185 Å². The van der Waals surface area contributed by atoms with Crippen LogP contribution in [0.4, 0.5) is 17.5 Å². The lowest BCUT2D eigenvalue weighted by atomic mass is 10.0. The van der Waals surface area contributed by atoms with Gasteiger partial charge in [-0.2, -0.15) is 20.5 Å². The Bertz CT molecular complexity index is 1350. The van der Waals surface area contributed by atoms with Crippen LogP contribution in [-0.4, -0.2) is 9.97 Å². The summed E-state index contributed by atoms with van der Waals surface area (Å²) in [6.07, 6.45) is 0. The Morgan fingerprint density at radius 1 is 0.812 bits per heavy atom. The van der Waals surface area contributed by atoms with Crippen LogP contribution in [-0.2, 0) is 0 Å². The summed E-state index contributed by atoms with van der Waals surface area (Å²) in [5.41, 5.74) is 10.8. The summed E-state index contributed by atoms with van der Waals surface area (Å²) in [5, 5.41) is 20.9. The highest BCUT2D eigenvalue weighted by Gasteiger charge is 2.09. The maximum Gasteiger partial charge on any atom is 0.232 e. The number of nitrogens with zero attached hydrogens (tertiary/aromatic N) is 4. The summed E-state index contributed by atoms with van der Waals surface area (Å²) < 4.78 is 5.98. The van der Waals surface area contributed by atoms with E-state index >= 15 is 0 Å². The molecule has 1 aromatic heterocycles. The smallest absolute Gasteiger partial charge is 0.232 e. The molecule has 3 aromatic carbocycles. The molecule has 154 valence electrons. The molecule has 0 unspecified atom stereocenters. The van der Waals surface area contributed by atoms with Gasteiger partial charge >= 0.3 is 0 Å². The van der Waals surface area contributed by atoms with Crippen molar-refractivity contribution in [3.63, 3.8) is 0 Å². The molecule has 4 aromatic rings. The third-order valence-electron chi connectivity index (χ3n) is 4.73. The molecule has 3 N–H and O–H groups in total. The monoisotopic (exact) mass is 418 g/mol. The number of hydrogen-bond acceptors (Lipinski definition) is 7. The van der Waals surface area contributed by atoms with Crippen molar-refractivity contribution in [2.45, 2.75) is 6.92 Å². The second-order valence-corrected chi connectivity index (χ2v) is 7.04. The zero-order valence-electron chi connectivity index (χ0n) is 17.2. The Morgan fingerprint density at radius 2 is 1.44 bits per heavy atom. The van der Waals surface area contributed by atoms with Crippen molar-refractivity contribution < 1.29 is 4.74 Å². The predicted molar refractivity (Wildman–Crippen MR) is 122 cm³/mol. The average Bonchev–Trinajstić information content (AvgIpc) is 2.80. The van der Waals surface area contributed by atoms with E-state index in [0.717, 1.165) is 22.4 Å². The molecule has 1 heterocycles. The Morgan fingerprint density at radius 3 is 2.06 bits per heavy atom. The lowest BCUT2D eigenvalue weighted by Crippen LogP contribution is -2.02. The SMILES string of the molecule is Cc1cc(-c2ccc(C#N)cc2)ccc1Oc1cc(N)nc(Nc2ccc(C#N)cc2)n1. The molecular weight excluding hydrogens is 400 g/mol. The van der Waals surface area contributed by atoms with E-state index in [4.69, 9.17) is 21.0 Å². The number of nitrogens with one attached hydrogen (secondary N) is 1. The number of hydrogen-bond donors (Lipinski definition) is 2. The number of rotatable bonds is 5. The molecular formula is C25H18N6O. The Kier molecular flexibility index (Phi) is 5.65. The van der Waals surface area contributed by atoms with Crippen molar-refractivity contribution in [2.24, 2.45) is 0 Å². The summed E-state index contributed by atoms with van der Waals surface area (Å²) >= 11 is 0. The Balaban J connectivity index is 1.54. The van der Waals surface area contributed by atoms with Gasteiger partial charge in [-0.15, -0.1) is 0 Å². The van der Waals surface area contributed by atoms with E-state index < -0.39 is 0 Å². The van der Waals surface area contributed by atoms with Gasteiger partial charge in [0.15, 0.2) is 0 Å². The molecule has 0 amide bonds.